The van der Waals surface area contributed by atoms with E-state index >= 15 is 0 Å². The first-order chi connectivity index (χ1) is 8.92. The normalized spacial score (nSPS) is 23.2. The zero-order valence-electron chi connectivity index (χ0n) is 10.7. The molecule has 1 aliphatic heterocycles. The third kappa shape index (κ3) is 3.24. The number of hydrogen-bond acceptors (Lipinski definition) is 3. The second kappa shape index (κ2) is 5.72. The van der Waals surface area contributed by atoms with Crippen LogP contribution >= 0.6 is 0 Å². The van der Waals surface area contributed by atoms with Crippen molar-refractivity contribution < 1.29 is 9.47 Å². The van der Waals surface area contributed by atoms with Gasteiger partial charge < -0.3 is 14.8 Å². The zero-order valence-corrected chi connectivity index (χ0v) is 10.7. The summed E-state index contributed by atoms with van der Waals surface area (Å²) in [4.78, 5) is 0. The molecule has 1 saturated heterocycles. The van der Waals surface area contributed by atoms with Crippen LogP contribution in [-0.4, -0.2) is 25.9 Å². The Morgan fingerprint density at radius 3 is 2.89 bits per heavy atom. The maximum atomic E-state index is 5.95. The Morgan fingerprint density at radius 2 is 2.11 bits per heavy atom. The molecule has 2 fully saturated rings. The molecule has 1 saturated carbocycles. The highest BCUT2D eigenvalue weighted by Gasteiger charge is 2.21. The predicted molar refractivity (Wildman–Crippen MR) is 70.7 cm³/mol. The van der Waals surface area contributed by atoms with Crippen LogP contribution in [-0.2, 0) is 11.3 Å². The number of ether oxygens (including phenoxy) is 2. The van der Waals surface area contributed by atoms with Gasteiger partial charge in [0.25, 0.3) is 0 Å². The maximum Gasteiger partial charge on any atom is 0.123 e. The fourth-order valence-corrected chi connectivity index (χ4v) is 2.25. The Bertz CT molecular complexity index is 384. The molecule has 1 atom stereocenters. The van der Waals surface area contributed by atoms with Crippen LogP contribution in [0, 0.1) is 5.92 Å². The molecule has 0 aromatic heterocycles. The van der Waals surface area contributed by atoms with Gasteiger partial charge in [-0.15, -0.1) is 0 Å². The number of rotatable bonds is 6. The molecule has 1 aromatic carbocycles. The Balaban J connectivity index is 1.55. The van der Waals surface area contributed by atoms with Crippen molar-refractivity contribution in [2.75, 3.05) is 19.8 Å². The minimum Gasteiger partial charge on any atom is -0.493 e. The van der Waals surface area contributed by atoms with E-state index in [1.165, 1.54) is 18.4 Å². The van der Waals surface area contributed by atoms with Crippen LogP contribution in [0.5, 0.6) is 5.75 Å². The number of nitrogens with one attached hydrogen (secondary N) is 1. The first-order valence-electron chi connectivity index (χ1n) is 6.93. The molecule has 98 valence electrons. The summed E-state index contributed by atoms with van der Waals surface area (Å²) in [6, 6.07) is 9.08. The molecule has 0 spiro atoms. The first kappa shape index (κ1) is 12.0. The van der Waals surface area contributed by atoms with Crippen molar-refractivity contribution in [2.24, 2.45) is 5.92 Å². The quantitative estimate of drug-likeness (QED) is 0.837. The van der Waals surface area contributed by atoms with E-state index in [1.54, 1.807) is 0 Å². The first-order valence-corrected chi connectivity index (χ1v) is 6.93. The van der Waals surface area contributed by atoms with E-state index in [1.807, 2.05) is 6.07 Å². The molecule has 0 bridgehead atoms. The average molecular weight is 247 g/mol. The van der Waals surface area contributed by atoms with E-state index in [4.69, 9.17) is 9.47 Å². The lowest BCUT2D eigenvalue weighted by Crippen LogP contribution is -2.17. The molecule has 1 aliphatic carbocycles. The summed E-state index contributed by atoms with van der Waals surface area (Å²) in [6.07, 6.45) is 3.77. The van der Waals surface area contributed by atoms with Crippen molar-refractivity contribution in [1.82, 2.24) is 5.32 Å². The van der Waals surface area contributed by atoms with Gasteiger partial charge in [0.15, 0.2) is 0 Å². The topological polar surface area (TPSA) is 30.5 Å². The van der Waals surface area contributed by atoms with Crippen LogP contribution in [0.1, 0.15) is 24.8 Å². The fourth-order valence-electron chi connectivity index (χ4n) is 2.25. The van der Waals surface area contributed by atoms with Crippen LogP contribution in [0.4, 0.5) is 0 Å². The molecule has 3 rings (SSSR count). The Hall–Kier alpha value is -1.06. The maximum absolute atomic E-state index is 5.95. The summed E-state index contributed by atoms with van der Waals surface area (Å²) in [7, 11) is 0. The van der Waals surface area contributed by atoms with Gasteiger partial charge in [0.2, 0.25) is 0 Å². The van der Waals surface area contributed by atoms with E-state index in [0.29, 0.717) is 5.92 Å². The van der Waals surface area contributed by atoms with E-state index in [0.717, 1.165) is 44.6 Å². The van der Waals surface area contributed by atoms with Crippen molar-refractivity contribution in [2.45, 2.75) is 31.8 Å². The lowest BCUT2D eigenvalue weighted by atomic mass is 10.1. The van der Waals surface area contributed by atoms with Gasteiger partial charge in [-0.05, 0) is 25.3 Å². The third-order valence-electron chi connectivity index (χ3n) is 3.63. The standard InChI is InChI=1S/C15H21NO2/c1-2-4-15(18-11-12-7-8-17-10-12)13(3-1)9-16-14-5-6-14/h1-4,12,14,16H,5-11H2. The Kier molecular flexibility index (Phi) is 3.81. The minimum absolute atomic E-state index is 0.564. The lowest BCUT2D eigenvalue weighted by molar-refractivity contribution is 0.166. The third-order valence-corrected chi connectivity index (χ3v) is 3.63. The van der Waals surface area contributed by atoms with Crippen LogP contribution < -0.4 is 10.1 Å². The van der Waals surface area contributed by atoms with E-state index in [-0.39, 0.29) is 0 Å². The molecule has 2 aliphatic rings. The molecule has 18 heavy (non-hydrogen) atoms. The highest BCUT2D eigenvalue weighted by Crippen LogP contribution is 2.23. The van der Waals surface area contributed by atoms with Crippen LogP contribution in [0.3, 0.4) is 0 Å². The summed E-state index contributed by atoms with van der Waals surface area (Å²) in [5.41, 5.74) is 1.27. The Labute approximate surface area is 108 Å². The number of benzene rings is 1. The van der Waals surface area contributed by atoms with Crippen molar-refractivity contribution in [3.05, 3.63) is 29.8 Å². The molecule has 1 N–H and O–H groups in total. The van der Waals surface area contributed by atoms with Gasteiger partial charge in [-0.25, -0.2) is 0 Å². The average Bonchev–Trinajstić information content (AvgIpc) is 3.09. The van der Waals surface area contributed by atoms with Crippen molar-refractivity contribution >= 4 is 0 Å². The minimum atomic E-state index is 0.564. The van der Waals surface area contributed by atoms with Crippen LogP contribution in [0.2, 0.25) is 0 Å². The fraction of sp³-hybridized carbons (Fsp3) is 0.600. The molecule has 3 heteroatoms. The van der Waals surface area contributed by atoms with E-state index in [2.05, 4.69) is 23.5 Å². The predicted octanol–water partition coefficient (Wildman–Crippen LogP) is 2.35. The highest BCUT2D eigenvalue weighted by molar-refractivity contribution is 5.33. The summed E-state index contributed by atoms with van der Waals surface area (Å²) < 4.78 is 11.3. The van der Waals surface area contributed by atoms with E-state index in [9.17, 15) is 0 Å². The molecular weight excluding hydrogens is 226 g/mol. The smallest absolute Gasteiger partial charge is 0.123 e. The molecule has 1 aromatic rings. The molecule has 0 amide bonds. The molecule has 1 heterocycles. The van der Waals surface area contributed by atoms with Gasteiger partial charge in [0.1, 0.15) is 5.75 Å². The van der Waals surface area contributed by atoms with Crippen molar-refractivity contribution in [3.63, 3.8) is 0 Å². The van der Waals surface area contributed by atoms with Crippen molar-refractivity contribution in [1.29, 1.82) is 0 Å². The van der Waals surface area contributed by atoms with Crippen LogP contribution in [0.25, 0.3) is 0 Å². The summed E-state index contributed by atoms with van der Waals surface area (Å²) in [5, 5.41) is 3.54. The number of hydrogen-bond donors (Lipinski definition) is 1. The summed E-state index contributed by atoms with van der Waals surface area (Å²) >= 11 is 0. The SMILES string of the molecule is c1ccc(OCC2CCOC2)c(CNC2CC2)c1. The molecule has 1 unspecified atom stereocenters. The summed E-state index contributed by atoms with van der Waals surface area (Å²) in [5.74, 6) is 1.59. The number of para-hydroxylation sites is 1. The van der Waals surface area contributed by atoms with Gasteiger partial charge in [-0.2, -0.15) is 0 Å². The van der Waals surface area contributed by atoms with Gasteiger partial charge in [-0.1, -0.05) is 18.2 Å². The molecular formula is C15H21NO2. The monoisotopic (exact) mass is 247 g/mol. The van der Waals surface area contributed by atoms with Gasteiger partial charge in [0, 0.05) is 30.7 Å². The summed E-state index contributed by atoms with van der Waals surface area (Å²) in [6.45, 7) is 3.43. The van der Waals surface area contributed by atoms with Crippen molar-refractivity contribution in [3.8, 4) is 5.75 Å². The highest BCUT2D eigenvalue weighted by atomic mass is 16.5. The van der Waals surface area contributed by atoms with Crippen LogP contribution in [0.15, 0.2) is 24.3 Å². The second-order valence-corrected chi connectivity index (χ2v) is 5.30. The largest absolute Gasteiger partial charge is 0.493 e. The second-order valence-electron chi connectivity index (χ2n) is 5.30. The lowest BCUT2D eigenvalue weighted by Gasteiger charge is -2.14. The Morgan fingerprint density at radius 1 is 1.22 bits per heavy atom. The molecule has 0 radical (unpaired) electrons. The molecule has 3 nitrogen and oxygen atoms in total. The van der Waals surface area contributed by atoms with Gasteiger partial charge in [0.05, 0.1) is 13.2 Å². The zero-order chi connectivity index (χ0) is 12.2. The van der Waals surface area contributed by atoms with Gasteiger partial charge in [-0.3, -0.25) is 0 Å². The van der Waals surface area contributed by atoms with Gasteiger partial charge >= 0.3 is 0 Å². The van der Waals surface area contributed by atoms with E-state index < -0.39 is 0 Å².